The molecule has 0 saturated heterocycles. The number of rotatable bonds is 7. The van der Waals surface area contributed by atoms with Crippen LogP contribution < -0.4 is 15.0 Å². The van der Waals surface area contributed by atoms with Gasteiger partial charge in [-0.05, 0) is 37.1 Å². The maximum atomic E-state index is 12.1. The van der Waals surface area contributed by atoms with Crippen molar-refractivity contribution < 1.29 is 14.4 Å². The molecular weight excluding hydrogens is 300 g/mol. The maximum Gasteiger partial charge on any atom is 0.275 e. The second kappa shape index (κ2) is 8.50. The monoisotopic (exact) mass is 327 g/mol. The van der Waals surface area contributed by atoms with Crippen LogP contribution in [0.5, 0.6) is 5.75 Å². The summed E-state index contributed by atoms with van der Waals surface area (Å²) in [7, 11) is 3.69. The summed E-state index contributed by atoms with van der Waals surface area (Å²) in [4.78, 5) is 13.3. The third-order valence-electron chi connectivity index (χ3n) is 4.10. The first-order chi connectivity index (χ1) is 11.5. The van der Waals surface area contributed by atoms with Crippen LogP contribution >= 0.6 is 0 Å². The Balaban J connectivity index is 1.80. The lowest BCUT2D eigenvalue weighted by Crippen LogP contribution is -3.08. The number of likely N-dealkylation sites (N-methyl/N-ethyl adjacent to an activating group) is 1. The second-order valence-electron chi connectivity index (χ2n) is 6.37. The summed E-state index contributed by atoms with van der Waals surface area (Å²) in [5.41, 5.74) is 4.91. The quantitative estimate of drug-likeness (QED) is 0.812. The minimum absolute atomic E-state index is 0.0630. The summed E-state index contributed by atoms with van der Waals surface area (Å²) in [5, 5.41) is 2.98. The lowest BCUT2D eigenvalue weighted by Gasteiger charge is -2.15. The van der Waals surface area contributed by atoms with Gasteiger partial charge in [-0.25, -0.2) is 0 Å². The van der Waals surface area contributed by atoms with E-state index in [-0.39, 0.29) is 5.91 Å². The van der Waals surface area contributed by atoms with E-state index in [2.05, 4.69) is 37.4 Å². The van der Waals surface area contributed by atoms with Gasteiger partial charge < -0.3 is 15.0 Å². The number of hydrogen-bond donors (Lipinski definition) is 2. The minimum atomic E-state index is 0.0630. The van der Waals surface area contributed by atoms with E-state index in [4.69, 9.17) is 4.74 Å². The molecule has 0 aliphatic carbocycles. The van der Waals surface area contributed by atoms with Crippen LogP contribution in [0.4, 0.5) is 0 Å². The molecule has 1 unspecified atom stereocenters. The zero-order valence-corrected chi connectivity index (χ0v) is 15.0. The van der Waals surface area contributed by atoms with E-state index in [0.29, 0.717) is 13.1 Å². The molecule has 0 fully saturated rings. The Labute approximate surface area is 144 Å². The number of carbonyl (C=O) groups excluding carboxylic acids is 1. The van der Waals surface area contributed by atoms with E-state index < -0.39 is 0 Å². The molecule has 0 aromatic heterocycles. The summed E-state index contributed by atoms with van der Waals surface area (Å²) in [6, 6.07) is 14.2. The Morgan fingerprint density at radius 1 is 1.12 bits per heavy atom. The fourth-order valence-electron chi connectivity index (χ4n) is 2.71. The summed E-state index contributed by atoms with van der Waals surface area (Å²) >= 11 is 0. The Kier molecular flexibility index (Phi) is 6.38. The van der Waals surface area contributed by atoms with Crippen LogP contribution in [0.1, 0.15) is 22.3 Å². The predicted molar refractivity (Wildman–Crippen MR) is 96.2 cm³/mol. The van der Waals surface area contributed by atoms with Crippen LogP contribution in [-0.2, 0) is 17.9 Å². The van der Waals surface area contributed by atoms with Crippen molar-refractivity contribution in [1.82, 2.24) is 5.32 Å². The molecule has 0 radical (unpaired) electrons. The molecule has 0 aliphatic rings. The number of methoxy groups -OCH3 is 1. The standard InChI is InChI=1S/C20H26N2O2/c1-15-5-8-18(16(2)11-15)13-22(3)14-20(23)21-12-17-6-9-19(24-4)10-7-17/h5-11H,12-14H2,1-4H3,(H,21,23)/p+1. The number of nitrogens with one attached hydrogen (secondary N) is 2. The number of hydrogen-bond acceptors (Lipinski definition) is 2. The molecule has 0 aliphatic heterocycles. The van der Waals surface area contributed by atoms with Gasteiger partial charge in [-0.2, -0.15) is 0 Å². The molecule has 1 amide bonds. The Morgan fingerprint density at radius 2 is 1.83 bits per heavy atom. The van der Waals surface area contributed by atoms with Crippen LogP contribution in [0.3, 0.4) is 0 Å². The molecule has 0 spiro atoms. The van der Waals surface area contributed by atoms with Crippen molar-refractivity contribution in [3.05, 3.63) is 64.7 Å². The molecule has 0 saturated carbocycles. The number of amides is 1. The van der Waals surface area contributed by atoms with E-state index >= 15 is 0 Å². The van der Waals surface area contributed by atoms with Crippen molar-refractivity contribution in [3.63, 3.8) is 0 Å². The van der Waals surface area contributed by atoms with E-state index in [1.807, 2.05) is 31.3 Å². The van der Waals surface area contributed by atoms with Gasteiger partial charge in [-0.15, -0.1) is 0 Å². The molecule has 2 aromatic rings. The van der Waals surface area contributed by atoms with Crippen LogP contribution in [0.25, 0.3) is 0 Å². The van der Waals surface area contributed by atoms with E-state index in [1.54, 1.807) is 7.11 Å². The van der Waals surface area contributed by atoms with Gasteiger partial charge in [0.2, 0.25) is 0 Å². The molecule has 24 heavy (non-hydrogen) atoms. The van der Waals surface area contributed by atoms with Crippen LogP contribution in [0.15, 0.2) is 42.5 Å². The van der Waals surface area contributed by atoms with Crippen molar-refractivity contribution in [1.29, 1.82) is 0 Å². The van der Waals surface area contributed by atoms with Gasteiger partial charge >= 0.3 is 0 Å². The van der Waals surface area contributed by atoms with Crippen molar-refractivity contribution in [2.75, 3.05) is 20.7 Å². The molecule has 0 bridgehead atoms. The molecule has 2 rings (SSSR count). The second-order valence-corrected chi connectivity index (χ2v) is 6.37. The molecular formula is C20H27N2O2+. The van der Waals surface area contributed by atoms with E-state index in [0.717, 1.165) is 17.9 Å². The normalized spacial score (nSPS) is 11.8. The van der Waals surface area contributed by atoms with E-state index in [9.17, 15) is 4.79 Å². The third-order valence-corrected chi connectivity index (χ3v) is 4.10. The van der Waals surface area contributed by atoms with Gasteiger partial charge in [0, 0.05) is 12.1 Å². The van der Waals surface area contributed by atoms with Crippen molar-refractivity contribution in [2.24, 2.45) is 0 Å². The molecule has 1 atom stereocenters. The molecule has 0 heterocycles. The van der Waals surface area contributed by atoms with Gasteiger partial charge in [0.25, 0.3) is 5.91 Å². The zero-order valence-electron chi connectivity index (χ0n) is 15.0. The van der Waals surface area contributed by atoms with Crippen molar-refractivity contribution in [2.45, 2.75) is 26.9 Å². The summed E-state index contributed by atoms with van der Waals surface area (Å²) in [6.07, 6.45) is 0. The van der Waals surface area contributed by atoms with Crippen LogP contribution in [-0.4, -0.2) is 26.6 Å². The fourth-order valence-corrected chi connectivity index (χ4v) is 2.71. The Hall–Kier alpha value is -2.33. The predicted octanol–water partition coefficient (Wildman–Crippen LogP) is 1.64. The Bertz CT molecular complexity index is 681. The summed E-state index contributed by atoms with van der Waals surface area (Å²) < 4.78 is 5.13. The third kappa shape index (κ3) is 5.39. The van der Waals surface area contributed by atoms with Crippen molar-refractivity contribution in [3.8, 4) is 5.75 Å². The van der Waals surface area contributed by atoms with Gasteiger partial charge in [0.05, 0.1) is 14.2 Å². The zero-order chi connectivity index (χ0) is 17.5. The highest BCUT2D eigenvalue weighted by Gasteiger charge is 2.11. The smallest absolute Gasteiger partial charge is 0.275 e. The average Bonchev–Trinajstić information content (AvgIpc) is 2.56. The fraction of sp³-hybridized carbons (Fsp3) is 0.350. The largest absolute Gasteiger partial charge is 0.497 e. The first kappa shape index (κ1) is 18.0. The van der Waals surface area contributed by atoms with Crippen LogP contribution in [0.2, 0.25) is 0 Å². The molecule has 2 aromatic carbocycles. The number of carbonyl (C=O) groups is 1. The number of benzene rings is 2. The van der Waals surface area contributed by atoms with Gasteiger partial charge in [-0.1, -0.05) is 35.9 Å². The highest BCUT2D eigenvalue weighted by molar-refractivity contribution is 5.76. The SMILES string of the molecule is COc1ccc(CNC(=O)C[NH+](C)Cc2ccc(C)cc2C)cc1. The van der Waals surface area contributed by atoms with Crippen molar-refractivity contribution >= 4 is 5.91 Å². The molecule has 4 nitrogen and oxygen atoms in total. The number of quaternary nitrogens is 1. The first-order valence-corrected chi connectivity index (χ1v) is 8.25. The van der Waals surface area contributed by atoms with Crippen LogP contribution in [0, 0.1) is 13.8 Å². The average molecular weight is 327 g/mol. The summed E-state index contributed by atoms with van der Waals surface area (Å²) in [6.45, 7) is 6.07. The lowest BCUT2D eigenvalue weighted by atomic mass is 10.1. The lowest BCUT2D eigenvalue weighted by molar-refractivity contribution is -0.885. The highest BCUT2D eigenvalue weighted by atomic mass is 16.5. The minimum Gasteiger partial charge on any atom is -0.497 e. The topological polar surface area (TPSA) is 42.8 Å². The first-order valence-electron chi connectivity index (χ1n) is 8.25. The number of aryl methyl sites for hydroxylation is 2. The highest BCUT2D eigenvalue weighted by Crippen LogP contribution is 2.11. The molecule has 4 heteroatoms. The van der Waals surface area contributed by atoms with Gasteiger partial charge in [0.15, 0.2) is 6.54 Å². The summed E-state index contributed by atoms with van der Waals surface area (Å²) in [5.74, 6) is 0.885. The Morgan fingerprint density at radius 3 is 2.46 bits per heavy atom. The van der Waals surface area contributed by atoms with Gasteiger partial charge in [0.1, 0.15) is 12.3 Å². The number of ether oxygens (including phenoxy) is 1. The van der Waals surface area contributed by atoms with E-state index in [1.165, 1.54) is 21.6 Å². The van der Waals surface area contributed by atoms with Gasteiger partial charge in [-0.3, -0.25) is 4.79 Å². The molecule has 128 valence electrons. The maximum absolute atomic E-state index is 12.1. The molecule has 2 N–H and O–H groups in total.